The lowest BCUT2D eigenvalue weighted by Crippen LogP contribution is -2.21. The Morgan fingerprint density at radius 1 is 1.39 bits per heavy atom. The van der Waals surface area contributed by atoms with Crippen LogP contribution < -0.4 is 10.1 Å². The molecule has 0 saturated carbocycles. The van der Waals surface area contributed by atoms with Gasteiger partial charge in [-0.2, -0.15) is 0 Å². The van der Waals surface area contributed by atoms with Crippen LogP contribution in [0.3, 0.4) is 0 Å². The summed E-state index contributed by atoms with van der Waals surface area (Å²) >= 11 is 8.46. The molecule has 0 amide bonds. The maximum atomic E-state index is 12.1. The van der Waals surface area contributed by atoms with Crippen molar-refractivity contribution in [3.63, 3.8) is 0 Å². The quantitative estimate of drug-likeness (QED) is 0.802. The molecule has 0 saturated heterocycles. The van der Waals surface area contributed by atoms with Gasteiger partial charge in [0.1, 0.15) is 5.75 Å². The molecule has 0 radical (unpaired) electrons. The molecule has 2 N–H and O–H groups in total. The summed E-state index contributed by atoms with van der Waals surface area (Å²) in [5.41, 5.74) is 0.382. The Hall–Kier alpha value is -0.660. The summed E-state index contributed by atoms with van der Waals surface area (Å²) in [6, 6.07) is 3.93. The van der Waals surface area contributed by atoms with Gasteiger partial charge in [-0.05, 0) is 12.1 Å². The van der Waals surface area contributed by atoms with Gasteiger partial charge in [-0.15, -0.1) is 24.8 Å². The zero-order valence-corrected chi connectivity index (χ0v) is 11.3. The molecule has 0 spiro atoms. The Labute approximate surface area is 115 Å². The first kappa shape index (κ1) is 15.4. The van der Waals surface area contributed by atoms with Gasteiger partial charge in [0.2, 0.25) is 0 Å². The Bertz CT molecular complexity index is 403. The lowest BCUT2D eigenvalue weighted by molar-refractivity contribution is -0.274. The van der Waals surface area contributed by atoms with Gasteiger partial charge in [-0.25, -0.2) is 0 Å². The first-order chi connectivity index (χ1) is 8.30. The Balaban J connectivity index is 2.74. The Morgan fingerprint density at radius 2 is 2.06 bits per heavy atom. The number of alkyl halides is 4. The summed E-state index contributed by atoms with van der Waals surface area (Å²) < 4.78 is 40.4. The molecule has 0 bridgehead atoms. The van der Waals surface area contributed by atoms with Crippen LogP contribution in [0.1, 0.15) is 0 Å². The first-order valence-electron chi connectivity index (χ1n) is 4.84. The third-order valence-electron chi connectivity index (χ3n) is 1.82. The van der Waals surface area contributed by atoms with E-state index in [4.69, 9.17) is 11.6 Å². The van der Waals surface area contributed by atoms with Crippen molar-refractivity contribution in [3.05, 3.63) is 22.7 Å². The van der Waals surface area contributed by atoms with E-state index in [2.05, 4.69) is 26.0 Å². The zero-order chi connectivity index (χ0) is 13.8. The summed E-state index contributed by atoms with van der Waals surface area (Å²) in [7, 11) is 0. The van der Waals surface area contributed by atoms with Gasteiger partial charge in [-0.3, -0.25) is 0 Å². The fourth-order valence-corrected chi connectivity index (χ4v) is 1.73. The van der Waals surface area contributed by atoms with E-state index in [-0.39, 0.29) is 18.2 Å². The number of hydrogen-bond acceptors (Lipinski definition) is 3. The van der Waals surface area contributed by atoms with Crippen molar-refractivity contribution in [2.24, 2.45) is 0 Å². The maximum absolute atomic E-state index is 12.1. The Morgan fingerprint density at radius 3 is 2.61 bits per heavy atom. The minimum Gasteiger partial charge on any atom is -0.406 e. The van der Waals surface area contributed by atoms with Crippen molar-refractivity contribution >= 4 is 33.2 Å². The molecule has 0 aromatic heterocycles. The van der Waals surface area contributed by atoms with Crippen LogP contribution in [0.5, 0.6) is 5.75 Å². The van der Waals surface area contributed by atoms with Crippen molar-refractivity contribution < 1.29 is 23.0 Å². The second-order valence-electron chi connectivity index (χ2n) is 3.41. The standard InChI is InChI=1S/C10H10BrClF3NO2/c11-6-1-7(16-5-8(17)4-12)3-9(2-6)18-10(13,14)15/h1-3,8,16-17H,4-5H2. The molecule has 102 valence electrons. The lowest BCUT2D eigenvalue weighted by atomic mass is 10.3. The number of aliphatic hydroxyl groups excluding tert-OH is 1. The van der Waals surface area contributed by atoms with Gasteiger partial charge in [0.25, 0.3) is 0 Å². The fraction of sp³-hybridized carbons (Fsp3) is 0.400. The molecule has 1 atom stereocenters. The molecule has 1 rings (SSSR count). The van der Waals surface area contributed by atoms with Crippen LogP contribution in [0.15, 0.2) is 22.7 Å². The molecule has 3 nitrogen and oxygen atoms in total. The molecule has 1 unspecified atom stereocenters. The van der Waals surface area contributed by atoms with Crippen LogP contribution in [-0.4, -0.2) is 30.0 Å². The predicted molar refractivity (Wildman–Crippen MR) is 66.0 cm³/mol. The molecule has 8 heteroatoms. The van der Waals surface area contributed by atoms with E-state index >= 15 is 0 Å². The highest BCUT2D eigenvalue weighted by atomic mass is 79.9. The molecule has 0 aliphatic heterocycles. The SMILES string of the molecule is OC(CCl)CNc1cc(Br)cc(OC(F)(F)F)c1. The number of aliphatic hydroxyl groups is 1. The normalized spacial score (nSPS) is 13.2. The van der Waals surface area contributed by atoms with Crippen LogP contribution in [0.4, 0.5) is 18.9 Å². The minimum atomic E-state index is -4.74. The highest BCUT2D eigenvalue weighted by Crippen LogP contribution is 2.29. The Kier molecular flexibility index (Phi) is 5.55. The molecular formula is C10H10BrClF3NO2. The molecule has 1 aromatic carbocycles. The molecule has 0 aliphatic carbocycles. The van der Waals surface area contributed by atoms with Crippen molar-refractivity contribution in [2.45, 2.75) is 12.5 Å². The molecule has 0 heterocycles. The zero-order valence-electron chi connectivity index (χ0n) is 8.97. The third kappa shape index (κ3) is 5.79. The smallest absolute Gasteiger partial charge is 0.406 e. The second-order valence-corrected chi connectivity index (χ2v) is 4.64. The van der Waals surface area contributed by atoms with Crippen LogP contribution >= 0.6 is 27.5 Å². The van der Waals surface area contributed by atoms with Gasteiger partial charge < -0.3 is 15.2 Å². The van der Waals surface area contributed by atoms with Crippen LogP contribution in [-0.2, 0) is 0 Å². The molecular weight excluding hydrogens is 338 g/mol. The number of ether oxygens (including phenoxy) is 1. The van der Waals surface area contributed by atoms with E-state index in [0.29, 0.717) is 10.2 Å². The van der Waals surface area contributed by atoms with Crippen LogP contribution in [0.2, 0.25) is 0 Å². The number of nitrogens with one attached hydrogen (secondary N) is 1. The molecule has 18 heavy (non-hydrogen) atoms. The summed E-state index contributed by atoms with van der Waals surface area (Å²) in [4.78, 5) is 0. The summed E-state index contributed by atoms with van der Waals surface area (Å²) in [5, 5.41) is 12.0. The highest BCUT2D eigenvalue weighted by Gasteiger charge is 2.31. The topological polar surface area (TPSA) is 41.5 Å². The van der Waals surface area contributed by atoms with Gasteiger partial charge in [0, 0.05) is 22.8 Å². The largest absolute Gasteiger partial charge is 0.573 e. The maximum Gasteiger partial charge on any atom is 0.573 e. The third-order valence-corrected chi connectivity index (χ3v) is 2.64. The number of rotatable bonds is 5. The molecule has 0 aliphatic rings. The number of hydrogen-bond donors (Lipinski definition) is 2. The number of benzene rings is 1. The van der Waals surface area contributed by atoms with Gasteiger partial charge in [-0.1, -0.05) is 15.9 Å². The number of anilines is 1. The molecule has 1 aromatic rings. The van der Waals surface area contributed by atoms with Crippen molar-refractivity contribution in [3.8, 4) is 5.75 Å². The van der Waals surface area contributed by atoms with E-state index < -0.39 is 12.5 Å². The minimum absolute atomic E-state index is 0.0346. The van der Waals surface area contributed by atoms with Gasteiger partial charge in [0.05, 0.1) is 12.0 Å². The van der Waals surface area contributed by atoms with E-state index in [1.807, 2.05) is 0 Å². The van der Waals surface area contributed by atoms with Gasteiger partial charge >= 0.3 is 6.36 Å². The predicted octanol–water partition coefficient (Wildman–Crippen LogP) is 3.36. The summed E-state index contributed by atoms with van der Waals surface area (Å²) in [6.07, 6.45) is -5.52. The average Bonchev–Trinajstić information content (AvgIpc) is 2.22. The van der Waals surface area contributed by atoms with Crippen LogP contribution in [0, 0.1) is 0 Å². The molecule has 0 fully saturated rings. The highest BCUT2D eigenvalue weighted by molar-refractivity contribution is 9.10. The number of halogens is 5. The summed E-state index contributed by atoms with van der Waals surface area (Å²) in [6.45, 7) is 0.130. The van der Waals surface area contributed by atoms with E-state index in [0.717, 1.165) is 0 Å². The average molecular weight is 349 g/mol. The van der Waals surface area contributed by atoms with Gasteiger partial charge in [0.15, 0.2) is 0 Å². The van der Waals surface area contributed by atoms with E-state index in [1.165, 1.54) is 12.1 Å². The van der Waals surface area contributed by atoms with Crippen molar-refractivity contribution in [2.75, 3.05) is 17.7 Å². The summed E-state index contributed by atoms with van der Waals surface area (Å²) in [5.74, 6) is -0.313. The van der Waals surface area contributed by atoms with E-state index in [9.17, 15) is 18.3 Å². The second kappa shape index (κ2) is 6.49. The van der Waals surface area contributed by atoms with Crippen LogP contribution in [0.25, 0.3) is 0 Å². The van der Waals surface area contributed by atoms with Crippen molar-refractivity contribution in [1.82, 2.24) is 0 Å². The van der Waals surface area contributed by atoms with Crippen molar-refractivity contribution in [1.29, 1.82) is 0 Å². The van der Waals surface area contributed by atoms with E-state index in [1.54, 1.807) is 6.07 Å². The fourth-order valence-electron chi connectivity index (χ4n) is 1.15. The first-order valence-corrected chi connectivity index (χ1v) is 6.17. The lowest BCUT2D eigenvalue weighted by Gasteiger charge is -2.13. The monoisotopic (exact) mass is 347 g/mol.